The van der Waals surface area contributed by atoms with E-state index in [0.717, 1.165) is 10.9 Å². The average Bonchev–Trinajstić information content (AvgIpc) is 2.53. The van der Waals surface area contributed by atoms with E-state index in [1.54, 1.807) is 11.0 Å². The molecule has 3 rings (SSSR count). The van der Waals surface area contributed by atoms with E-state index in [2.05, 4.69) is 11.1 Å². The van der Waals surface area contributed by atoms with Crippen LogP contribution in [-0.2, 0) is 9.53 Å². The first-order valence-electron chi connectivity index (χ1n) is 6.58. The molecule has 1 N–H and O–H groups in total. The number of pyridine rings is 1. The maximum Gasteiger partial charge on any atom is 0.328 e. The quantitative estimate of drug-likeness (QED) is 0.896. The van der Waals surface area contributed by atoms with Crippen molar-refractivity contribution in [2.24, 2.45) is 0 Å². The van der Waals surface area contributed by atoms with Crippen LogP contribution in [0.4, 0.5) is 5.82 Å². The molecule has 1 aliphatic rings. The first-order valence-corrected chi connectivity index (χ1v) is 6.58. The minimum Gasteiger partial charge on any atom is -0.480 e. The Kier molecular flexibility index (Phi) is 3.42. The first-order chi connectivity index (χ1) is 10.2. The van der Waals surface area contributed by atoms with Crippen LogP contribution in [0.15, 0.2) is 30.3 Å². The van der Waals surface area contributed by atoms with Crippen LogP contribution in [0.2, 0.25) is 0 Å². The van der Waals surface area contributed by atoms with Gasteiger partial charge < -0.3 is 14.7 Å². The Morgan fingerprint density at radius 3 is 3.05 bits per heavy atom. The predicted molar refractivity (Wildman–Crippen MR) is 76.0 cm³/mol. The van der Waals surface area contributed by atoms with E-state index in [1.807, 2.05) is 24.3 Å². The van der Waals surface area contributed by atoms with Gasteiger partial charge in [0.05, 0.1) is 24.3 Å². The summed E-state index contributed by atoms with van der Waals surface area (Å²) >= 11 is 0. The number of para-hydroxylation sites is 1. The van der Waals surface area contributed by atoms with Crippen molar-refractivity contribution in [1.82, 2.24) is 4.98 Å². The lowest BCUT2D eigenvalue weighted by molar-refractivity contribution is -0.141. The summed E-state index contributed by atoms with van der Waals surface area (Å²) in [6.45, 7) is 0.912. The molecule has 106 valence electrons. The van der Waals surface area contributed by atoms with Crippen LogP contribution < -0.4 is 4.90 Å². The minimum atomic E-state index is -0.978. The number of hydrogen-bond acceptors (Lipinski definition) is 5. The molecule has 2 heterocycles. The van der Waals surface area contributed by atoms with Crippen molar-refractivity contribution >= 4 is 22.7 Å². The molecule has 2 aromatic rings. The van der Waals surface area contributed by atoms with Gasteiger partial charge in [0.1, 0.15) is 11.9 Å². The van der Waals surface area contributed by atoms with Crippen molar-refractivity contribution in [1.29, 1.82) is 5.26 Å². The Balaban J connectivity index is 2.13. The largest absolute Gasteiger partial charge is 0.480 e. The summed E-state index contributed by atoms with van der Waals surface area (Å²) in [5.74, 6) is -0.569. The molecular weight excluding hydrogens is 270 g/mol. The van der Waals surface area contributed by atoms with E-state index in [-0.39, 0.29) is 6.61 Å². The molecule has 6 nitrogen and oxygen atoms in total. The van der Waals surface area contributed by atoms with Crippen molar-refractivity contribution < 1.29 is 14.6 Å². The van der Waals surface area contributed by atoms with Crippen molar-refractivity contribution in [3.63, 3.8) is 0 Å². The van der Waals surface area contributed by atoms with Crippen LogP contribution in [-0.4, -0.2) is 41.9 Å². The van der Waals surface area contributed by atoms with Gasteiger partial charge in [-0.05, 0) is 12.1 Å². The number of fused-ring (bicyclic) bond motifs is 1. The normalized spacial score (nSPS) is 18.4. The number of benzene rings is 1. The van der Waals surface area contributed by atoms with Gasteiger partial charge in [-0.15, -0.1) is 0 Å². The second-order valence-electron chi connectivity index (χ2n) is 4.79. The third kappa shape index (κ3) is 2.39. The lowest BCUT2D eigenvalue weighted by atomic mass is 10.1. The van der Waals surface area contributed by atoms with E-state index >= 15 is 0 Å². The van der Waals surface area contributed by atoms with Crippen LogP contribution in [0.3, 0.4) is 0 Å². The lowest BCUT2D eigenvalue weighted by Crippen LogP contribution is -2.50. The number of ether oxygens (including phenoxy) is 1. The zero-order chi connectivity index (χ0) is 14.8. The van der Waals surface area contributed by atoms with Gasteiger partial charge in [-0.25, -0.2) is 9.78 Å². The third-order valence-electron chi connectivity index (χ3n) is 3.51. The highest BCUT2D eigenvalue weighted by molar-refractivity contribution is 5.85. The Hall–Kier alpha value is -2.65. The maximum atomic E-state index is 11.4. The number of carbonyl (C=O) groups is 1. The molecule has 0 aliphatic carbocycles. The zero-order valence-corrected chi connectivity index (χ0v) is 11.2. The number of nitriles is 1. The number of aliphatic carboxylic acids is 1. The number of morpholine rings is 1. The summed E-state index contributed by atoms with van der Waals surface area (Å²) in [5, 5.41) is 19.5. The molecular formula is C15H13N3O3. The Labute approximate surface area is 121 Å². The lowest BCUT2D eigenvalue weighted by Gasteiger charge is -2.34. The highest BCUT2D eigenvalue weighted by Gasteiger charge is 2.31. The molecule has 1 unspecified atom stereocenters. The molecule has 21 heavy (non-hydrogen) atoms. The van der Waals surface area contributed by atoms with Crippen molar-refractivity contribution in [2.45, 2.75) is 6.04 Å². The molecule has 6 heteroatoms. The zero-order valence-electron chi connectivity index (χ0n) is 11.2. The van der Waals surface area contributed by atoms with E-state index in [1.165, 1.54) is 0 Å². The number of aromatic nitrogens is 1. The van der Waals surface area contributed by atoms with Crippen LogP contribution >= 0.6 is 0 Å². The van der Waals surface area contributed by atoms with Gasteiger partial charge in [-0.2, -0.15) is 5.26 Å². The van der Waals surface area contributed by atoms with Crippen LogP contribution in [0.25, 0.3) is 10.9 Å². The van der Waals surface area contributed by atoms with E-state index in [4.69, 9.17) is 4.74 Å². The Bertz CT molecular complexity index is 739. The van der Waals surface area contributed by atoms with Crippen LogP contribution in [0, 0.1) is 11.3 Å². The van der Waals surface area contributed by atoms with Gasteiger partial charge in [0, 0.05) is 11.9 Å². The number of rotatable bonds is 2. The number of carboxylic acids is 1. The standard InChI is InChI=1S/C15H13N3O3/c16-8-11-7-10-3-1-2-4-12(10)17-14(11)18-5-6-21-9-13(18)15(19)20/h1-4,7,13H,5-6,9H2,(H,19,20). The SMILES string of the molecule is N#Cc1cc2ccccc2nc1N1CCOCC1C(=O)O. The van der Waals surface area contributed by atoms with Crippen molar-refractivity contribution in [3.05, 3.63) is 35.9 Å². The van der Waals surface area contributed by atoms with E-state index < -0.39 is 12.0 Å². The highest BCUT2D eigenvalue weighted by Crippen LogP contribution is 2.26. The van der Waals surface area contributed by atoms with Gasteiger partial charge in [-0.1, -0.05) is 18.2 Å². The van der Waals surface area contributed by atoms with Crippen molar-refractivity contribution in [3.8, 4) is 6.07 Å². The highest BCUT2D eigenvalue weighted by atomic mass is 16.5. The molecule has 1 fully saturated rings. The van der Waals surface area contributed by atoms with Gasteiger partial charge in [0.25, 0.3) is 0 Å². The van der Waals surface area contributed by atoms with Gasteiger partial charge in [0.15, 0.2) is 6.04 Å². The summed E-state index contributed by atoms with van der Waals surface area (Å²) in [6.07, 6.45) is 0. The molecule has 1 aliphatic heterocycles. The summed E-state index contributed by atoms with van der Waals surface area (Å²) in [4.78, 5) is 17.5. The summed E-state index contributed by atoms with van der Waals surface area (Å²) in [6, 6.07) is 10.5. The fourth-order valence-electron chi connectivity index (χ4n) is 2.47. The summed E-state index contributed by atoms with van der Waals surface area (Å²) in [7, 11) is 0. The fraction of sp³-hybridized carbons (Fsp3) is 0.267. The summed E-state index contributed by atoms with van der Waals surface area (Å²) < 4.78 is 5.22. The third-order valence-corrected chi connectivity index (χ3v) is 3.51. The molecule has 1 aromatic heterocycles. The molecule has 1 aromatic carbocycles. The number of anilines is 1. The molecule has 1 saturated heterocycles. The monoisotopic (exact) mass is 283 g/mol. The number of carboxylic acid groups (broad SMARTS) is 1. The molecule has 0 spiro atoms. The molecule has 1 atom stereocenters. The van der Waals surface area contributed by atoms with Crippen LogP contribution in [0.1, 0.15) is 5.56 Å². The number of hydrogen-bond donors (Lipinski definition) is 1. The smallest absolute Gasteiger partial charge is 0.328 e. The topological polar surface area (TPSA) is 86.5 Å². The van der Waals surface area contributed by atoms with E-state index in [9.17, 15) is 15.2 Å². The fourth-order valence-corrected chi connectivity index (χ4v) is 2.47. The number of nitrogens with zero attached hydrogens (tertiary/aromatic N) is 3. The molecule has 0 saturated carbocycles. The maximum absolute atomic E-state index is 11.4. The summed E-state index contributed by atoms with van der Waals surface area (Å²) in [5.41, 5.74) is 1.11. The first kappa shape index (κ1) is 13.3. The Morgan fingerprint density at radius 2 is 2.29 bits per heavy atom. The van der Waals surface area contributed by atoms with Gasteiger partial charge in [0.2, 0.25) is 0 Å². The second-order valence-corrected chi connectivity index (χ2v) is 4.79. The molecule has 0 radical (unpaired) electrons. The average molecular weight is 283 g/mol. The predicted octanol–water partition coefficient (Wildman–Crippen LogP) is 1.40. The Morgan fingerprint density at radius 1 is 1.48 bits per heavy atom. The second kappa shape index (κ2) is 5.38. The van der Waals surface area contributed by atoms with E-state index in [0.29, 0.717) is 24.5 Å². The van der Waals surface area contributed by atoms with Crippen LogP contribution in [0.5, 0.6) is 0 Å². The minimum absolute atomic E-state index is 0.0920. The van der Waals surface area contributed by atoms with Crippen molar-refractivity contribution in [2.75, 3.05) is 24.7 Å². The molecule has 0 bridgehead atoms. The molecule has 0 amide bonds. The van der Waals surface area contributed by atoms with Gasteiger partial charge >= 0.3 is 5.97 Å². The van der Waals surface area contributed by atoms with Gasteiger partial charge in [-0.3, -0.25) is 0 Å².